The molecule has 1 aliphatic heterocycles. The van der Waals surface area contributed by atoms with Gasteiger partial charge in [0.25, 0.3) is 0 Å². The molecule has 3 aromatic rings. The Kier molecular flexibility index (Phi) is 5.38. The van der Waals surface area contributed by atoms with Crippen LogP contribution in [0.25, 0.3) is 11.0 Å². The van der Waals surface area contributed by atoms with Crippen LogP contribution in [-0.2, 0) is 16.1 Å². The zero-order chi connectivity index (χ0) is 21.1. The summed E-state index contributed by atoms with van der Waals surface area (Å²) in [5, 5.41) is 5.62. The first-order valence-corrected chi connectivity index (χ1v) is 9.62. The summed E-state index contributed by atoms with van der Waals surface area (Å²) in [6, 6.07) is 13.9. The van der Waals surface area contributed by atoms with Crippen molar-refractivity contribution in [2.45, 2.75) is 19.5 Å². The van der Waals surface area contributed by atoms with Gasteiger partial charge >= 0.3 is 12.0 Å². The number of urea groups is 1. The van der Waals surface area contributed by atoms with Gasteiger partial charge in [0.2, 0.25) is 0 Å². The lowest BCUT2D eigenvalue weighted by atomic mass is 9.95. The lowest BCUT2D eigenvalue weighted by molar-refractivity contribution is -0.139. The number of hydrogen-bond acceptors (Lipinski definition) is 5. The topological polar surface area (TPSA) is 94.5 Å². The number of carbonyl (C=O) groups is 2. The van der Waals surface area contributed by atoms with Crippen molar-refractivity contribution in [3.05, 3.63) is 71.7 Å². The number of nitrogens with zero attached hydrogens (tertiary/aromatic N) is 2. The Hall–Kier alpha value is -3.81. The van der Waals surface area contributed by atoms with Crippen molar-refractivity contribution in [2.75, 3.05) is 13.7 Å². The van der Waals surface area contributed by atoms with Crippen LogP contribution in [0.15, 0.2) is 66.1 Å². The molecule has 30 heavy (non-hydrogen) atoms. The van der Waals surface area contributed by atoms with Gasteiger partial charge in [0.15, 0.2) is 0 Å². The second-order valence-electron chi connectivity index (χ2n) is 6.78. The number of imidazole rings is 1. The number of rotatable bonds is 6. The maximum absolute atomic E-state index is 12.9. The van der Waals surface area contributed by atoms with Crippen molar-refractivity contribution in [1.29, 1.82) is 0 Å². The first-order chi connectivity index (χ1) is 14.6. The minimum atomic E-state index is -0.669. The summed E-state index contributed by atoms with van der Waals surface area (Å²) < 4.78 is 12.5. The van der Waals surface area contributed by atoms with Crippen LogP contribution in [0.4, 0.5) is 4.79 Å². The highest BCUT2D eigenvalue weighted by Crippen LogP contribution is 2.30. The lowest BCUT2D eigenvalue weighted by Gasteiger charge is -2.29. The minimum Gasteiger partial charge on any atom is -0.497 e. The summed E-state index contributed by atoms with van der Waals surface area (Å²) >= 11 is 0. The zero-order valence-corrected chi connectivity index (χ0v) is 16.7. The van der Waals surface area contributed by atoms with Crippen molar-refractivity contribution in [3.8, 4) is 5.75 Å². The maximum atomic E-state index is 12.9. The third-order valence-electron chi connectivity index (χ3n) is 4.93. The molecule has 1 atom stereocenters. The molecule has 2 amide bonds. The average molecular weight is 406 g/mol. The number of methoxy groups -OCH3 is 1. The van der Waals surface area contributed by atoms with E-state index in [-0.39, 0.29) is 13.2 Å². The van der Waals surface area contributed by atoms with Crippen LogP contribution < -0.4 is 15.4 Å². The van der Waals surface area contributed by atoms with E-state index < -0.39 is 18.0 Å². The highest BCUT2D eigenvalue weighted by molar-refractivity contribution is 5.95. The van der Waals surface area contributed by atoms with Crippen molar-refractivity contribution in [2.24, 2.45) is 0 Å². The molecular formula is C22H22N4O4. The number of fused-ring (bicyclic) bond motifs is 1. The van der Waals surface area contributed by atoms with Gasteiger partial charge in [-0.1, -0.05) is 24.3 Å². The number of aromatic nitrogens is 2. The summed E-state index contributed by atoms with van der Waals surface area (Å²) in [4.78, 5) is 29.8. The van der Waals surface area contributed by atoms with E-state index in [0.29, 0.717) is 17.0 Å². The minimum absolute atomic E-state index is 0.225. The molecule has 8 heteroatoms. The second-order valence-corrected chi connectivity index (χ2v) is 6.78. The van der Waals surface area contributed by atoms with E-state index >= 15 is 0 Å². The molecule has 2 heterocycles. The molecule has 0 bridgehead atoms. The Balaban J connectivity index is 1.81. The van der Waals surface area contributed by atoms with Crippen molar-refractivity contribution < 1.29 is 19.1 Å². The summed E-state index contributed by atoms with van der Waals surface area (Å²) in [7, 11) is 1.57. The fourth-order valence-electron chi connectivity index (χ4n) is 3.57. The molecule has 8 nitrogen and oxygen atoms in total. The number of nitrogens with one attached hydrogen (secondary N) is 2. The molecule has 0 radical (unpaired) electrons. The summed E-state index contributed by atoms with van der Waals surface area (Å²) in [5.74, 6) is 0.142. The highest BCUT2D eigenvalue weighted by atomic mass is 16.5. The Morgan fingerprint density at radius 2 is 2.03 bits per heavy atom. The van der Waals surface area contributed by atoms with Crippen LogP contribution in [0.1, 0.15) is 18.5 Å². The summed E-state index contributed by atoms with van der Waals surface area (Å²) in [6.45, 7) is 2.24. The lowest BCUT2D eigenvalue weighted by Crippen LogP contribution is -2.46. The number of benzene rings is 2. The normalized spacial score (nSPS) is 16.2. The van der Waals surface area contributed by atoms with E-state index in [1.54, 1.807) is 32.5 Å². The Labute approximate surface area is 173 Å². The van der Waals surface area contributed by atoms with Gasteiger partial charge in [-0.2, -0.15) is 0 Å². The molecule has 0 saturated carbocycles. The standard InChI is InChI=1S/C22H22N4O4/c1-3-30-21(27)19-17(12-26-13-23-16-9-4-5-10-18(16)26)24-22(28)25-20(19)14-7-6-8-15(11-14)29-2/h4-11,13,20H,3,12H2,1-2H3,(H2,24,25,28)/t20-/m1/s1. The molecule has 0 saturated heterocycles. The third kappa shape index (κ3) is 3.71. The molecule has 1 aromatic heterocycles. The number of amides is 2. The SMILES string of the molecule is CCOC(=O)C1=C(Cn2cnc3ccccc32)NC(=O)N[C@@H]1c1cccc(OC)c1. The van der Waals surface area contributed by atoms with E-state index in [9.17, 15) is 9.59 Å². The fourth-order valence-corrected chi connectivity index (χ4v) is 3.57. The number of allylic oxidation sites excluding steroid dienone is 1. The van der Waals surface area contributed by atoms with E-state index in [4.69, 9.17) is 9.47 Å². The predicted octanol–water partition coefficient (Wildman–Crippen LogP) is 2.92. The van der Waals surface area contributed by atoms with Gasteiger partial charge in [0.1, 0.15) is 5.75 Å². The Morgan fingerprint density at radius 3 is 2.83 bits per heavy atom. The van der Waals surface area contributed by atoms with Gasteiger partial charge in [0.05, 0.1) is 54.9 Å². The Morgan fingerprint density at radius 1 is 1.20 bits per heavy atom. The first kappa shape index (κ1) is 19.5. The summed E-state index contributed by atoms with van der Waals surface area (Å²) in [5.41, 5.74) is 3.27. The molecule has 4 rings (SSSR count). The number of hydrogen-bond donors (Lipinski definition) is 2. The molecule has 154 valence electrons. The number of carbonyl (C=O) groups excluding carboxylic acids is 2. The Bertz CT molecular complexity index is 1130. The smallest absolute Gasteiger partial charge is 0.338 e. The highest BCUT2D eigenvalue weighted by Gasteiger charge is 2.34. The quantitative estimate of drug-likeness (QED) is 0.614. The molecular weight excluding hydrogens is 384 g/mol. The van der Waals surface area contributed by atoms with Crippen molar-refractivity contribution >= 4 is 23.0 Å². The number of ether oxygens (including phenoxy) is 2. The molecule has 0 spiro atoms. The van der Waals surface area contributed by atoms with Gasteiger partial charge < -0.3 is 24.7 Å². The van der Waals surface area contributed by atoms with Crippen LogP contribution in [0.2, 0.25) is 0 Å². The molecule has 2 N–H and O–H groups in total. The molecule has 0 fully saturated rings. The first-order valence-electron chi connectivity index (χ1n) is 9.62. The van der Waals surface area contributed by atoms with Crippen molar-refractivity contribution in [3.63, 3.8) is 0 Å². The van der Waals surface area contributed by atoms with Gasteiger partial charge in [-0.15, -0.1) is 0 Å². The number of para-hydroxylation sites is 2. The van der Waals surface area contributed by atoms with Crippen molar-refractivity contribution in [1.82, 2.24) is 20.2 Å². The second kappa shape index (κ2) is 8.28. The third-order valence-corrected chi connectivity index (χ3v) is 4.93. The maximum Gasteiger partial charge on any atom is 0.338 e. The number of esters is 1. The van der Waals surface area contributed by atoms with E-state index in [0.717, 1.165) is 16.6 Å². The summed E-state index contributed by atoms with van der Waals surface area (Å²) in [6.07, 6.45) is 1.69. The van der Waals surface area contributed by atoms with Crippen LogP contribution in [0.5, 0.6) is 5.75 Å². The molecule has 0 unspecified atom stereocenters. The van der Waals surface area contributed by atoms with Crippen LogP contribution >= 0.6 is 0 Å². The van der Waals surface area contributed by atoms with Gasteiger partial charge in [-0.3, -0.25) is 0 Å². The van der Waals surface area contributed by atoms with Gasteiger partial charge in [-0.25, -0.2) is 14.6 Å². The monoisotopic (exact) mass is 406 g/mol. The van der Waals surface area contributed by atoms with Gasteiger partial charge in [0, 0.05) is 0 Å². The molecule has 1 aliphatic rings. The average Bonchev–Trinajstić information content (AvgIpc) is 3.16. The zero-order valence-electron chi connectivity index (χ0n) is 16.7. The predicted molar refractivity (Wildman–Crippen MR) is 111 cm³/mol. The largest absolute Gasteiger partial charge is 0.497 e. The molecule has 2 aromatic carbocycles. The molecule has 0 aliphatic carbocycles. The van der Waals surface area contributed by atoms with E-state index in [2.05, 4.69) is 15.6 Å². The van der Waals surface area contributed by atoms with Crippen LogP contribution in [0, 0.1) is 0 Å². The van der Waals surface area contributed by atoms with E-state index in [1.807, 2.05) is 41.0 Å². The van der Waals surface area contributed by atoms with Gasteiger partial charge in [-0.05, 0) is 36.8 Å². The fraction of sp³-hybridized carbons (Fsp3) is 0.227. The van der Waals surface area contributed by atoms with E-state index in [1.165, 1.54) is 0 Å². The van der Waals surface area contributed by atoms with Crippen LogP contribution in [0.3, 0.4) is 0 Å². The van der Waals surface area contributed by atoms with Crippen LogP contribution in [-0.4, -0.2) is 35.3 Å².